The molecule has 0 aliphatic carbocycles. The molecule has 1 aromatic rings. The lowest BCUT2D eigenvalue weighted by Gasteiger charge is -2.13. The van der Waals surface area contributed by atoms with E-state index in [1.807, 2.05) is 36.0 Å². The first-order valence-corrected chi connectivity index (χ1v) is 6.73. The molecule has 4 nitrogen and oxygen atoms in total. The highest BCUT2D eigenvalue weighted by molar-refractivity contribution is 7.99. The minimum atomic E-state index is -0.446. The Bertz CT molecular complexity index is 375. The summed E-state index contributed by atoms with van der Waals surface area (Å²) in [5.41, 5.74) is 1.83. The molecule has 0 radical (unpaired) electrons. The van der Waals surface area contributed by atoms with Gasteiger partial charge in [0, 0.05) is 23.2 Å². The van der Waals surface area contributed by atoms with E-state index in [0.717, 1.165) is 11.4 Å². The number of hydrogen-bond acceptors (Lipinski definition) is 4. The maximum absolute atomic E-state index is 11.0. The van der Waals surface area contributed by atoms with Gasteiger partial charge in [0.1, 0.15) is 0 Å². The van der Waals surface area contributed by atoms with Gasteiger partial charge in [0.15, 0.2) is 0 Å². The molecule has 1 heterocycles. The monoisotopic (exact) mass is 252 g/mol. The van der Waals surface area contributed by atoms with Gasteiger partial charge in [-0.25, -0.2) is 4.79 Å². The number of thioether (sulfide) groups is 1. The number of methoxy groups -OCH3 is 1. The van der Waals surface area contributed by atoms with Crippen LogP contribution in [0.1, 0.15) is 6.42 Å². The minimum absolute atomic E-state index is 0.446. The van der Waals surface area contributed by atoms with Crippen molar-refractivity contribution in [1.29, 1.82) is 0 Å². The lowest BCUT2D eigenvalue weighted by Crippen LogP contribution is -2.18. The van der Waals surface area contributed by atoms with Gasteiger partial charge in [0.05, 0.1) is 7.11 Å². The van der Waals surface area contributed by atoms with Crippen molar-refractivity contribution in [3.05, 3.63) is 24.3 Å². The number of anilines is 2. The van der Waals surface area contributed by atoms with Crippen molar-refractivity contribution in [3.63, 3.8) is 0 Å². The first-order valence-electron chi connectivity index (χ1n) is 5.57. The number of ether oxygens (including phenoxy) is 1. The predicted molar refractivity (Wildman–Crippen MR) is 71.8 cm³/mol. The molecule has 1 aromatic carbocycles. The Hall–Kier alpha value is -1.36. The zero-order valence-electron chi connectivity index (χ0n) is 9.73. The van der Waals surface area contributed by atoms with Crippen molar-refractivity contribution in [3.8, 4) is 0 Å². The zero-order chi connectivity index (χ0) is 12.1. The van der Waals surface area contributed by atoms with E-state index in [-0.39, 0.29) is 0 Å². The van der Waals surface area contributed by atoms with E-state index in [2.05, 4.69) is 15.4 Å². The molecular formula is C12H16N2O2S. The van der Waals surface area contributed by atoms with Gasteiger partial charge < -0.3 is 10.1 Å². The molecule has 92 valence electrons. The molecule has 2 N–H and O–H groups in total. The van der Waals surface area contributed by atoms with E-state index in [4.69, 9.17) is 0 Å². The molecule has 5 heteroatoms. The largest absolute Gasteiger partial charge is 0.453 e. The Morgan fingerprint density at radius 1 is 1.35 bits per heavy atom. The number of carbonyl (C=O) groups is 1. The van der Waals surface area contributed by atoms with Gasteiger partial charge in [-0.05, 0) is 36.4 Å². The quantitative estimate of drug-likeness (QED) is 0.868. The molecule has 2 rings (SSSR count). The molecule has 0 spiro atoms. The molecule has 17 heavy (non-hydrogen) atoms. The van der Waals surface area contributed by atoms with Gasteiger partial charge >= 0.3 is 6.09 Å². The molecule has 1 unspecified atom stereocenters. The highest BCUT2D eigenvalue weighted by Gasteiger charge is 2.14. The van der Waals surface area contributed by atoms with E-state index in [0.29, 0.717) is 6.04 Å². The number of carbonyl (C=O) groups excluding carboxylic acids is 1. The summed E-state index contributed by atoms with van der Waals surface area (Å²) in [6.45, 7) is 0. The summed E-state index contributed by atoms with van der Waals surface area (Å²) in [7, 11) is 1.35. The molecule has 1 saturated heterocycles. The van der Waals surface area contributed by atoms with Gasteiger partial charge in [-0.1, -0.05) is 0 Å². The van der Waals surface area contributed by atoms with E-state index >= 15 is 0 Å². The van der Waals surface area contributed by atoms with Crippen LogP contribution in [0.2, 0.25) is 0 Å². The normalized spacial score (nSPS) is 18.8. The summed E-state index contributed by atoms with van der Waals surface area (Å²) >= 11 is 1.98. The van der Waals surface area contributed by atoms with Crippen LogP contribution in [0.4, 0.5) is 16.2 Å². The SMILES string of the molecule is COC(=O)Nc1ccc(NC2CCSC2)cc1. The second-order valence-corrected chi connectivity index (χ2v) is 5.05. The summed E-state index contributed by atoms with van der Waals surface area (Å²) in [6.07, 6.45) is 0.769. The third-order valence-electron chi connectivity index (χ3n) is 2.62. The van der Waals surface area contributed by atoms with Crippen LogP contribution in [-0.2, 0) is 4.74 Å². The van der Waals surface area contributed by atoms with Crippen LogP contribution in [0.15, 0.2) is 24.3 Å². The molecule has 1 amide bonds. The Labute approximate surface area is 105 Å². The smallest absolute Gasteiger partial charge is 0.411 e. The van der Waals surface area contributed by atoms with E-state index in [9.17, 15) is 4.79 Å². The number of hydrogen-bond donors (Lipinski definition) is 2. The second kappa shape index (κ2) is 5.82. The van der Waals surface area contributed by atoms with Crippen LogP contribution in [0, 0.1) is 0 Å². The van der Waals surface area contributed by atoms with Gasteiger partial charge in [-0.15, -0.1) is 0 Å². The van der Waals surface area contributed by atoms with Crippen LogP contribution >= 0.6 is 11.8 Å². The summed E-state index contributed by atoms with van der Waals surface area (Å²) in [5.74, 6) is 2.40. The highest BCUT2D eigenvalue weighted by Crippen LogP contribution is 2.22. The average Bonchev–Trinajstić information content (AvgIpc) is 2.84. The van der Waals surface area contributed by atoms with Gasteiger partial charge in [0.2, 0.25) is 0 Å². The fourth-order valence-electron chi connectivity index (χ4n) is 1.70. The Kier molecular flexibility index (Phi) is 4.14. The molecule has 0 saturated carbocycles. The van der Waals surface area contributed by atoms with Crippen LogP contribution in [0.5, 0.6) is 0 Å². The van der Waals surface area contributed by atoms with Gasteiger partial charge in [-0.3, -0.25) is 5.32 Å². The Morgan fingerprint density at radius 2 is 2.06 bits per heavy atom. The highest BCUT2D eigenvalue weighted by atomic mass is 32.2. The third-order valence-corrected chi connectivity index (χ3v) is 3.78. The minimum Gasteiger partial charge on any atom is -0.453 e. The molecule has 1 aliphatic rings. The number of amides is 1. The summed E-state index contributed by atoms with van der Waals surface area (Å²) in [4.78, 5) is 11.0. The maximum Gasteiger partial charge on any atom is 0.411 e. The first kappa shape index (κ1) is 12.1. The Balaban J connectivity index is 1.90. The van der Waals surface area contributed by atoms with E-state index in [1.54, 1.807) is 0 Å². The molecule has 1 fully saturated rings. The first-order chi connectivity index (χ1) is 8.28. The maximum atomic E-state index is 11.0. The van der Waals surface area contributed by atoms with Crippen LogP contribution in [-0.4, -0.2) is 30.8 Å². The Morgan fingerprint density at radius 3 is 2.65 bits per heavy atom. The fourth-order valence-corrected chi connectivity index (χ4v) is 2.86. The topological polar surface area (TPSA) is 50.4 Å². The van der Waals surface area contributed by atoms with Crippen LogP contribution in [0.25, 0.3) is 0 Å². The van der Waals surface area contributed by atoms with Crippen LogP contribution < -0.4 is 10.6 Å². The molecule has 0 aromatic heterocycles. The number of nitrogens with one attached hydrogen (secondary N) is 2. The van der Waals surface area contributed by atoms with Gasteiger partial charge in [-0.2, -0.15) is 11.8 Å². The van der Waals surface area contributed by atoms with E-state index in [1.165, 1.54) is 25.0 Å². The van der Waals surface area contributed by atoms with Crippen LogP contribution in [0.3, 0.4) is 0 Å². The van der Waals surface area contributed by atoms with Crippen molar-refractivity contribution in [2.75, 3.05) is 29.2 Å². The summed E-state index contributed by atoms with van der Waals surface area (Å²) in [6, 6.07) is 8.23. The summed E-state index contributed by atoms with van der Waals surface area (Å²) in [5, 5.41) is 6.09. The third kappa shape index (κ3) is 3.56. The fraction of sp³-hybridized carbons (Fsp3) is 0.417. The summed E-state index contributed by atoms with van der Waals surface area (Å²) < 4.78 is 4.52. The lowest BCUT2D eigenvalue weighted by molar-refractivity contribution is 0.187. The molecule has 0 bridgehead atoms. The zero-order valence-corrected chi connectivity index (χ0v) is 10.5. The van der Waals surface area contributed by atoms with Gasteiger partial charge in [0.25, 0.3) is 0 Å². The van der Waals surface area contributed by atoms with Crippen molar-refractivity contribution in [2.24, 2.45) is 0 Å². The molecular weight excluding hydrogens is 236 g/mol. The lowest BCUT2D eigenvalue weighted by atomic mass is 10.2. The standard InChI is InChI=1S/C12H16N2O2S/c1-16-12(15)14-10-4-2-9(3-5-10)13-11-6-7-17-8-11/h2-5,11,13H,6-8H2,1H3,(H,14,15). The molecule has 1 aliphatic heterocycles. The van der Waals surface area contributed by atoms with Crippen molar-refractivity contribution >= 4 is 29.2 Å². The van der Waals surface area contributed by atoms with Crippen molar-refractivity contribution in [1.82, 2.24) is 0 Å². The van der Waals surface area contributed by atoms with E-state index < -0.39 is 6.09 Å². The van der Waals surface area contributed by atoms with Crippen molar-refractivity contribution < 1.29 is 9.53 Å². The number of rotatable bonds is 3. The second-order valence-electron chi connectivity index (χ2n) is 3.90. The predicted octanol–water partition coefficient (Wildman–Crippen LogP) is 2.78. The average molecular weight is 252 g/mol. The molecule has 1 atom stereocenters. The van der Waals surface area contributed by atoms with Crippen molar-refractivity contribution in [2.45, 2.75) is 12.5 Å². The number of benzene rings is 1.